The first kappa shape index (κ1) is 16.0. The van der Waals surface area contributed by atoms with Crippen molar-refractivity contribution < 1.29 is 19.4 Å². The Balaban J connectivity index is 2.21. The summed E-state index contributed by atoms with van der Waals surface area (Å²) >= 11 is 0. The molecule has 0 saturated carbocycles. The lowest BCUT2D eigenvalue weighted by Crippen LogP contribution is -2.12. The third-order valence-corrected chi connectivity index (χ3v) is 3.16. The molecule has 0 heterocycles. The minimum atomic E-state index is -1.22. The van der Waals surface area contributed by atoms with Crippen LogP contribution in [0, 0.1) is 0 Å². The van der Waals surface area contributed by atoms with E-state index in [9.17, 15) is 9.90 Å². The summed E-state index contributed by atoms with van der Waals surface area (Å²) in [7, 11) is 0. The molecule has 2 rings (SSSR count). The summed E-state index contributed by atoms with van der Waals surface area (Å²) in [5.41, 5.74) is 0.929. The van der Waals surface area contributed by atoms with Gasteiger partial charge in [-0.3, -0.25) is 4.79 Å². The van der Waals surface area contributed by atoms with Gasteiger partial charge in [0.1, 0.15) is 17.6 Å². The van der Waals surface area contributed by atoms with Crippen LogP contribution in [0.1, 0.15) is 35.9 Å². The van der Waals surface area contributed by atoms with Crippen molar-refractivity contribution in [2.75, 3.05) is 13.2 Å². The van der Waals surface area contributed by atoms with Crippen molar-refractivity contribution in [2.45, 2.75) is 20.0 Å². The van der Waals surface area contributed by atoms with E-state index in [0.717, 1.165) is 0 Å². The van der Waals surface area contributed by atoms with E-state index in [1.165, 1.54) is 0 Å². The molecule has 116 valence electrons. The molecule has 0 bridgehead atoms. The van der Waals surface area contributed by atoms with Crippen LogP contribution in [0.4, 0.5) is 0 Å². The molecule has 4 heteroatoms. The normalized spacial score (nSPS) is 11.8. The Morgan fingerprint density at radius 1 is 1.00 bits per heavy atom. The van der Waals surface area contributed by atoms with Crippen LogP contribution in [0.25, 0.3) is 0 Å². The Bertz CT molecular complexity index is 636. The molecular formula is C18H20O4. The van der Waals surface area contributed by atoms with Gasteiger partial charge in [-0.1, -0.05) is 24.3 Å². The first-order valence-electron chi connectivity index (χ1n) is 7.33. The summed E-state index contributed by atoms with van der Waals surface area (Å²) in [5, 5.41) is 10.3. The summed E-state index contributed by atoms with van der Waals surface area (Å²) < 4.78 is 10.8. The van der Waals surface area contributed by atoms with Crippen LogP contribution in [0.2, 0.25) is 0 Å². The number of hydrogen-bond donors (Lipinski definition) is 1. The van der Waals surface area contributed by atoms with E-state index in [4.69, 9.17) is 9.47 Å². The van der Waals surface area contributed by atoms with Crippen molar-refractivity contribution in [3.8, 4) is 11.5 Å². The third kappa shape index (κ3) is 3.86. The van der Waals surface area contributed by atoms with Gasteiger partial charge in [-0.15, -0.1) is 0 Å². The van der Waals surface area contributed by atoms with E-state index in [2.05, 4.69) is 0 Å². The molecule has 0 saturated heterocycles. The Morgan fingerprint density at radius 2 is 1.59 bits per heavy atom. The van der Waals surface area contributed by atoms with E-state index in [-0.39, 0.29) is 5.78 Å². The summed E-state index contributed by atoms with van der Waals surface area (Å²) in [5.74, 6) is 0.883. The first-order chi connectivity index (χ1) is 10.7. The molecule has 2 aromatic rings. The molecule has 0 amide bonds. The number of hydrogen-bond acceptors (Lipinski definition) is 4. The Kier molecular flexibility index (Phi) is 5.55. The number of carbonyl (C=O) groups excluding carboxylic acids is 1. The predicted octanol–water partition coefficient (Wildman–Crippen LogP) is 3.40. The summed E-state index contributed by atoms with van der Waals surface area (Å²) in [6, 6.07) is 13.8. The molecule has 0 spiro atoms. The van der Waals surface area contributed by atoms with Gasteiger partial charge in [0.25, 0.3) is 0 Å². The van der Waals surface area contributed by atoms with Gasteiger partial charge >= 0.3 is 0 Å². The number of ketones is 1. The van der Waals surface area contributed by atoms with Gasteiger partial charge in [-0.05, 0) is 43.7 Å². The van der Waals surface area contributed by atoms with Gasteiger partial charge in [0.2, 0.25) is 0 Å². The molecule has 4 nitrogen and oxygen atoms in total. The minimum absolute atomic E-state index is 0.366. The van der Waals surface area contributed by atoms with E-state index >= 15 is 0 Å². The van der Waals surface area contributed by atoms with Crippen LogP contribution >= 0.6 is 0 Å². The lowest BCUT2D eigenvalue weighted by atomic mass is 9.99. The lowest BCUT2D eigenvalue weighted by Gasteiger charge is -2.12. The zero-order chi connectivity index (χ0) is 15.9. The maximum absolute atomic E-state index is 12.4. The van der Waals surface area contributed by atoms with Crippen molar-refractivity contribution >= 4 is 5.78 Å². The number of rotatable bonds is 7. The third-order valence-electron chi connectivity index (χ3n) is 3.16. The van der Waals surface area contributed by atoms with Gasteiger partial charge in [0.15, 0.2) is 5.78 Å². The zero-order valence-corrected chi connectivity index (χ0v) is 12.8. The number of aliphatic hydroxyl groups is 1. The van der Waals surface area contributed by atoms with Crippen LogP contribution in [-0.4, -0.2) is 24.1 Å². The molecule has 0 unspecified atom stereocenters. The highest BCUT2D eigenvalue weighted by Gasteiger charge is 2.20. The SMILES string of the molecule is CCOc1cccc(C(=O)[C@H](O)c2cccc(OCC)c2)c1. The molecule has 22 heavy (non-hydrogen) atoms. The molecule has 0 aliphatic heterocycles. The number of benzene rings is 2. The van der Waals surface area contributed by atoms with Crippen molar-refractivity contribution in [1.29, 1.82) is 0 Å². The van der Waals surface area contributed by atoms with E-state index in [0.29, 0.717) is 35.8 Å². The molecule has 0 radical (unpaired) electrons. The highest BCUT2D eigenvalue weighted by molar-refractivity contribution is 6.00. The lowest BCUT2D eigenvalue weighted by molar-refractivity contribution is 0.0746. The van der Waals surface area contributed by atoms with Gasteiger partial charge in [0, 0.05) is 5.56 Å². The quantitative estimate of drug-likeness (QED) is 0.796. The van der Waals surface area contributed by atoms with Crippen LogP contribution in [0.3, 0.4) is 0 Å². The smallest absolute Gasteiger partial charge is 0.195 e. The Morgan fingerprint density at radius 3 is 2.23 bits per heavy atom. The monoisotopic (exact) mass is 300 g/mol. The summed E-state index contributed by atoms with van der Waals surface area (Å²) in [4.78, 5) is 12.4. The van der Waals surface area contributed by atoms with Crippen molar-refractivity contribution in [2.24, 2.45) is 0 Å². The molecule has 2 aromatic carbocycles. The fraction of sp³-hybridized carbons (Fsp3) is 0.278. The highest BCUT2D eigenvalue weighted by Crippen LogP contribution is 2.24. The second kappa shape index (κ2) is 7.61. The van der Waals surface area contributed by atoms with Crippen LogP contribution in [0.15, 0.2) is 48.5 Å². The molecule has 0 fully saturated rings. The fourth-order valence-corrected chi connectivity index (χ4v) is 2.16. The van der Waals surface area contributed by atoms with E-state index < -0.39 is 6.10 Å². The zero-order valence-electron chi connectivity index (χ0n) is 12.8. The Labute approximate surface area is 130 Å². The molecule has 0 aliphatic rings. The molecular weight excluding hydrogens is 280 g/mol. The van der Waals surface area contributed by atoms with Crippen molar-refractivity contribution in [1.82, 2.24) is 0 Å². The molecule has 0 aromatic heterocycles. The number of ether oxygens (including phenoxy) is 2. The van der Waals surface area contributed by atoms with E-state index in [1.807, 2.05) is 13.8 Å². The largest absolute Gasteiger partial charge is 0.494 e. The summed E-state index contributed by atoms with van der Waals surface area (Å²) in [6.45, 7) is 4.82. The molecule has 0 aliphatic carbocycles. The average Bonchev–Trinajstić information content (AvgIpc) is 2.55. The topological polar surface area (TPSA) is 55.8 Å². The average molecular weight is 300 g/mol. The van der Waals surface area contributed by atoms with Gasteiger partial charge in [-0.2, -0.15) is 0 Å². The van der Waals surface area contributed by atoms with Gasteiger partial charge < -0.3 is 14.6 Å². The fourth-order valence-electron chi connectivity index (χ4n) is 2.16. The maximum atomic E-state index is 12.4. The van der Waals surface area contributed by atoms with Crippen LogP contribution in [-0.2, 0) is 0 Å². The number of carbonyl (C=O) groups is 1. The van der Waals surface area contributed by atoms with Crippen LogP contribution in [0.5, 0.6) is 11.5 Å². The van der Waals surface area contributed by atoms with Crippen LogP contribution < -0.4 is 9.47 Å². The number of Topliss-reactive ketones (excluding diaryl/α,β-unsaturated/α-hetero) is 1. The van der Waals surface area contributed by atoms with Gasteiger partial charge in [0.05, 0.1) is 13.2 Å². The van der Waals surface area contributed by atoms with Crippen molar-refractivity contribution in [3.05, 3.63) is 59.7 Å². The number of aliphatic hydroxyl groups excluding tert-OH is 1. The first-order valence-corrected chi connectivity index (χ1v) is 7.33. The second-order valence-electron chi connectivity index (χ2n) is 4.73. The van der Waals surface area contributed by atoms with Gasteiger partial charge in [-0.25, -0.2) is 0 Å². The second-order valence-corrected chi connectivity index (χ2v) is 4.73. The highest BCUT2D eigenvalue weighted by atomic mass is 16.5. The molecule has 1 N–H and O–H groups in total. The summed E-state index contributed by atoms with van der Waals surface area (Å²) in [6.07, 6.45) is -1.22. The standard InChI is InChI=1S/C18H20O4/c1-3-21-15-9-5-7-13(11-15)17(19)18(20)14-8-6-10-16(12-14)22-4-2/h5-12,17,19H,3-4H2,1-2H3/t17-/m1/s1. The Hall–Kier alpha value is -2.33. The predicted molar refractivity (Wildman–Crippen MR) is 84.5 cm³/mol. The molecule has 1 atom stereocenters. The minimum Gasteiger partial charge on any atom is -0.494 e. The maximum Gasteiger partial charge on any atom is 0.195 e. The van der Waals surface area contributed by atoms with Crippen molar-refractivity contribution in [3.63, 3.8) is 0 Å². The van der Waals surface area contributed by atoms with E-state index in [1.54, 1.807) is 48.5 Å².